The second-order valence-electron chi connectivity index (χ2n) is 2.79. The number of carbonyl (C=O) groups is 1. The summed E-state index contributed by atoms with van der Waals surface area (Å²) in [5, 5.41) is 0. The van der Waals surface area contributed by atoms with E-state index >= 15 is 0 Å². The van der Waals surface area contributed by atoms with Crippen molar-refractivity contribution in [3.63, 3.8) is 0 Å². The molecule has 1 heterocycles. The lowest BCUT2D eigenvalue weighted by molar-refractivity contribution is -0.140. The number of ether oxygens (including phenoxy) is 1. The molecule has 0 spiro atoms. The van der Waals surface area contributed by atoms with Crippen LogP contribution in [0, 0.1) is 0 Å². The van der Waals surface area contributed by atoms with Gasteiger partial charge in [0.2, 0.25) is 0 Å². The van der Waals surface area contributed by atoms with Gasteiger partial charge in [-0.3, -0.25) is 4.79 Å². The average molecular weight is 166 g/mol. The number of carbonyl (C=O) groups excluding carboxylic acids is 1. The van der Waals surface area contributed by atoms with Gasteiger partial charge in [0.15, 0.2) is 0 Å². The largest absolute Gasteiger partial charge is 0.431 e. The molecule has 0 aliphatic carbocycles. The van der Waals surface area contributed by atoms with Gasteiger partial charge in [0, 0.05) is 12.8 Å². The quantitative estimate of drug-likeness (QED) is 0.475. The topological polar surface area (TPSA) is 26.3 Å². The number of cyclic esters (lactones) is 1. The molecule has 0 aromatic heterocycles. The van der Waals surface area contributed by atoms with Crippen molar-refractivity contribution >= 4 is 5.97 Å². The van der Waals surface area contributed by atoms with E-state index in [-0.39, 0.29) is 5.97 Å². The molecule has 0 radical (unpaired) electrons. The van der Waals surface area contributed by atoms with E-state index in [1.54, 1.807) is 0 Å². The van der Waals surface area contributed by atoms with Crippen LogP contribution in [0.5, 0.6) is 0 Å². The van der Waals surface area contributed by atoms with E-state index in [0.717, 1.165) is 25.0 Å². The van der Waals surface area contributed by atoms with Crippen LogP contribution < -0.4 is 0 Å². The van der Waals surface area contributed by atoms with Gasteiger partial charge in [-0.25, -0.2) is 0 Å². The molecule has 12 heavy (non-hydrogen) atoms. The highest BCUT2D eigenvalue weighted by Crippen LogP contribution is 2.15. The summed E-state index contributed by atoms with van der Waals surface area (Å²) >= 11 is 0. The predicted molar refractivity (Wildman–Crippen MR) is 47.5 cm³/mol. The first-order valence-electron chi connectivity index (χ1n) is 4.34. The molecule has 0 bridgehead atoms. The third-order valence-electron chi connectivity index (χ3n) is 1.76. The van der Waals surface area contributed by atoms with Crippen LogP contribution in [0.2, 0.25) is 0 Å². The van der Waals surface area contributed by atoms with Crippen molar-refractivity contribution in [2.75, 3.05) is 0 Å². The van der Waals surface area contributed by atoms with E-state index < -0.39 is 0 Å². The fraction of sp³-hybridized carbons (Fsp3) is 0.500. The van der Waals surface area contributed by atoms with Gasteiger partial charge in [-0.05, 0) is 25.8 Å². The van der Waals surface area contributed by atoms with Crippen LogP contribution in [0.1, 0.15) is 32.6 Å². The maximum atomic E-state index is 10.8. The lowest BCUT2D eigenvalue weighted by atomic mass is 10.1. The molecular formula is C10H14O2. The molecule has 1 rings (SSSR count). The van der Waals surface area contributed by atoms with Gasteiger partial charge in [0.05, 0.1) is 0 Å². The third-order valence-corrected chi connectivity index (χ3v) is 1.76. The third kappa shape index (κ3) is 2.91. The smallest absolute Gasteiger partial charge is 0.311 e. The fourth-order valence-electron chi connectivity index (χ4n) is 1.14. The van der Waals surface area contributed by atoms with Crippen LogP contribution in [-0.2, 0) is 9.53 Å². The lowest BCUT2D eigenvalue weighted by Gasteiger charge is -2.11. The molecule has 0 atom stereocenters. The number of allylic oxidation sites excluding steroid dienone is 4. The van der Waals surface area contributed by atoms with E-state index in [1.807, 2.05) is 19.1 Å². The van der Waals surface area contributed by atoms with Crippen molar-refractivity contribution in [2.24, 2.45) is 0 Å². The molecule has 0 saturated carbocycles. The van der Waals surface area contributed by atoms with Crippen LogP contribution >= 0.6 is 0 Å². The summed E-state index contributed by atoms with van der Waals surface area (Å²) < 4.78 is 5.02. The molecule has 0 amide bonds. The number of rotatable bonds is 3. The van der Waals surface area contributed by atoms with Crippen molar-refractivity contribution in [3.8, 4) is 0 Å². The minimum atomic E-state index is -0.0898. The number of esters is 1. The van der Waals surface area contributed by atoms with Crippen molar-refractivity contribution in [3.05, 3.63) is 24.0 Å². The van der Waals surface area contributed by atoms with Crippen molar-refractivity contribution < 1.29 is 9.53 Å². The zero-order chi connectivity index (χ0) is 8.81. The Balaban J connectivity index is 2.31. The monoisotopic (exact) mass is 166 g/mol. The van der Waals surface area contributed by atoms with Gasteiger partial charge in [-0.1, -0.05) is 12.2 Å². The highest BCUT2D eigenvalue weighted by Gasteiger charge is 2.10. The molecule has 1 aliphatic heterocycles. The second kappa shape index (κ2) is 4.75. The zero-order valence-electron chi connectivity index (χ0n) is 7.38. The van der Waals surface area contributed by atoms with Crippen molar-refractivity contribution in [1.29, 1.82) is 0 Å². The summed E-state index contributed by atoms with van der Waals surface area (Å²) in [4.78, 5) is 10.8. The lowest BCUT2D eigenvalue weighted by Crippen LogP contribution is -2.08. The summed E-state index contributed by atoms with van der Waals surface area (Å²) in [6.45, 7) is 1.99. The van der Waals surface area contributed by atoms with Crippen LogP contribution in [0.4, 0.5) is 0 Å². The molecule has 1 aliphatic rings. The van der Waals surface area contributed by atoms with Crippen LogP contribution in [0.15, 0.2) is 24.0 Å². The molecule has 0 N–H and O–H groups in total. The summed E-state index contributed by atoms with van der Waals surface area (Å²) in [6.07, 6.45) is 9.25. The summed E-state index contributed by atoms with van der Waals surface area (Å²) in [6, 6.07) is 0. The molecule has 0 saturated heterocycles. The van der Waals surface area contributed by atoms with Gasteiger partial charge in [0.1, 0.15) is 5.76 Å². The Hall–Kier alpha value is -1.05. The van der Waals surface area contributed by atoms with Crippen LogP contribution in [0.3, 0.4) is 0 Å². The van der Waals surface area contributed by atoms with E-state index in [2.05, 4.69) is 6.08 Å². The van der Waals surface area contributed by atoms with Gasteiger partial charge in [-0.2, -0.15) is 0 Å². The summed E-state index contributed by atoms with van der Waals surface area (Å²) in [5.41, 5.74) is 0. The Bertz CT molecular complexity index is 214. The van der Waals surface area contributed by atoms with Crippen LogP contribution in [0.25, 0.3) is 0 Å². The standard InChI is InChI=1S/C10H14O2/c1-2-3-4-6-9-7-5-8-10(11)12-9/h2-3,7H,4-6,8H2,1H3/b3-2+. The van der Waals surface area contributed by atoms with Gasteiger partial charge in [0.25, 0.3) is 0 Å². The number of hydrogen-bond donors (Lipinski definition) is 0. The number of hydrogen-bond acceptors (Lipinski definition) is 2. The van der Waals surface area contributed by atoms with Gasteiger partial charge in [-0.15, -0.1) is 0 Å². The Morgan fingerprint density at radius 2 is 2.50 bits per heavy atom. The van der Waals surface area contributed by atoms with Crippen molar-refractivity contribution in [1.82, 2.24) is 0 Å². The Morgan fingerprint density at radius 1 is 1.67 bits per heavy atom. The van der Waals surface area contributed by atoms with Crippen LogP contribution in [-0.4, -0.2) is 5.97 Å². The molecule has 2 nitrogen and oxygen atoms in total. The normalized spacial score (nSPS) is 17.8. The fourth-order valence-corrected chi connectivity index (χ4v) is 1.14. The zero-order valence-corrected chi connectivity index (χ0v) is 7.38. The summed E-state index contributed by atoms with van der Waals surface area (Å²) in [5.74, 6) is 0.748. The summed E-state index contributed by atoms with van der Waals surface area (Å²) in [7, 11) is 0. The molecular weight excluding hydrogens is 152 g/mol. The molecule has 0 unspecified atom stereocenters. The highest BCUT2D eigenvalue weighted by atomic mass is 16.5. The predicted octanol–water partition coefficient (Wildman–Crippen LogP) is 2.56. The first-order valence-corrected chi connectivity index (χ1v) is 4.34. The maximum absolute atomic E-state index is 10.8. The average Bonchev–Trinajstić information content (AvgIpc) is 2.05. The minimum Gasteiger partial charge on any atom is -0.431 e. The molecule has 0 fully saturated rings. The first kappa shape index (κ1) is 9.04. The highest BCUT2D eigenvalue weighted by molar-refractivity contribution is 5.71. The molecule has 0 aromatic rings. The van der Waals surface area contributed by atoms with E-state index in [9.17, 15) is 4.79 Å². The minimum absolute atomic E-state index is 0.0898. The van der Waals surface area contributed by atoms with E-state index in [0.29, 0.717) is 6.42 Å². The van der Waals surface area contributed by atoms with Gasteiger partial charge < -0.3 is 4.74 Å². The molecule has 66 valence electrons. The molecule has 0 aromatic carbocycles. The van der Waals surface area contributed by atoms with E-state index in [4.69, 9.17) is 4.74 Å². The SMILES string of the molecule is C/C=C/CCC1=CCCC(=O)O1. The van der Waals surface area contributed by atoms with E-state index in [1.165, 1.54) is 0 Å². The van der Waals surface area contributed by atoms with Gasteiger partial charge >= 0.3 is 5.97 Å². The second-order valence-corrected chi connectivity index (χ2v) is 2.79. The Kier molecular flexibility index (Phi) is 3.58. The first-order chi connectivity index (χ1) is 5.83. The maximum Gasteiger partial charge on any atom is 0.311 e. The Labute approximate surface area is 72.9 Å². The Morgan fingerprint density at radius 3 is 3.17 bits per heavy atom. The molecule has 2 heteroatoms. The van der Waals surface area contributed by atoms with Crippen molar-refractivity contribution in [2.45, 2.75) is 32.6 Å².